The first-order chi connectivity index (χ1) is 9.00. The maximum absolute atomic E-state index is 12.6. The molecule has 2 fully saturated rings. The summed E-state index contributed by atoms with van der Waals surface area (Å²) < 4.78 is 37.8. The van der Waals surface area contributed by atoms with E-state index < -0.39 is 12.1 Å². The van der Waals surface area contributed by atoms with Gasteiger partial charge in [0.25, 0.3) is 0 Å². The second kappa shape index (κ2) is 6.44. The number of hydrogen-bond acceptors (Lipinski definition) is 2. The van der Waals surface area contributed by atoms with Gasteiger partial charge in [0.2, 0.25) is 0 Å². The molecule has 112 valence electrons. The van der Waals surface area contributed by atoms with Gasteiger partial charge in [0.15, 0.2) is 0 Å². The maximum Gasteiger partial charge on any atom is 0.391 e. The van der Waals surface area contributed by atoms with Crippen molar-refractivity contribution in [2.75, 3.05) is 19.7 Å². The van der Waals surface area contributed by atoms with Crippen molar-refractivity contribution < 1.29 is 18.3 Å². The highest BCUT2D eigenvalue weighted by Crippen LogP contribution is 2.40. The van der Waals surface area contributed by atoms with Crippen LogP contribution in [-0.4, -0.2) is 41.9 Å². The summed E-state index contributed by atoms with van der Waals surface area (Å²) >= 11 is 0. The summed E-state index contributed by atoms with van der Waals surface area (Å²) in [6.07, 6.45) is 1.24. The summed E-state index contributed by atoms with van der Waals surface area (Å²) in [6.45, 7) is 2.04. The van der Waals surface area contributed by atoms with Crippen molar-refractivity contribution in [1.29, 1.82) is 0 Å². The molecule has 1 atom stereocenters. The molecule has 0 aromatic rings. The molecule has 0 bridgehead atoms. The molecule has 1 saturated heterocycles. The average molecular weight is 279 g/mol. The fourth-order valence-corrected chi connectivity index (χ4v) is 3.51. The lowest BCUT2D eigenvalue weighted by molar-refractivity contribution is -0.184. The van der Waals surface area contributed by atoms with E-state index >= 15 is 0 Å². The molecule has 19 heavy (non-hydrogen) atoms. The zero-order chi connectivity index (χ0) is 13.9. The second-order valence-electron chi connectivity index (χ2n) is 6.09. The lowest BCUT2D eigenvalue weighted by atomic mass is 9.81. The zero-order valence-electron chi connectivity index (χ0n) is 11.3. The number of piperidine rings is 1. The first-order valence-electron chi connectivity index (χ1n) is 7.42. The number of alkyl halides is 3. The number of nitrogens with zero attached hydrogens (tertiary/aromatic N) is 1. The summed E-state index contributed by atoms with van der Waals surface area (Å²) in [6, 6.07) is 0.231. The number of rotatable bonds is 3. The van der Waals surface area contributed by atoms with E-state index in [1.54, 1.807) is 0 Å². The zero-order valence-corrected chi connectivity index (χ0v) is 11.3. The minimum atomic E-state index is -4.01. The molecule has 0 spiro atoms. The highest BCUT2D eigenvalue weighted by Gasteiger charge is 2.41. The van der Waals surface area contributed by atoms with Crippen LogP contribution in [0.1, 0.15) is 44.9 Å². The Bertz CT molecular complexity index is 274. The standard InChI is InChI=1S/C14H24F3NO/c15-14(16,17)12-6-4-11(5-7-12)9-18-8-2-1-3-13(18)10-19/h11-13,19H,1-10H2/t11?,12?,13-/m0/s1. The van der Waals surface area contributed by atoms with E-state index in [2.05, 4.69) is 4.90 Å². The summed E-state index contributed by atoms with van der Waals surface area (Å²) in [5.74, 6) is -0.704. The summed E-state index contributed by atoms with van der Waals surface area (Å²) in [4.78, 5) is 2.29. The Morgan fingerprint density at radius 1 is 1.00 bits per heavy atom. The van der Waals surface area contributed by atoms with Gasteiger partial charge in [-0.1, -0.05) is 6.42 Å². The van der Waals surface area contributed by atoms with Gasteiger partial charge in [0, 0.05) is 12.6 Å². The summed E-state index contributed by atoms with van der Waals surface area (Å²) in [5.41, 5.74) is 0. The number of aliphatic hydroxyl groups is 1. The van der Waals surface area contributed by atoms with Gasteiger partial charge in [-0.3, -0.25) is 4.90 Å². The van der Waals surface area contributed by atoms with Gasteiger partial charge < -0.3 is 5.11 Å². The molecule has 0 aromatic carbocycles. The highest BCUT2D eigenvalue weighted by molar-refractivity contribution is 4.82. The van der Waals surface area contributed by atoms with Crippen molar-refractivity contribution >= 4 is 0 Å². The van der Waals surface area contributed by atoms with Crippen molar-refractivity contribution in [3.05, 3.63) is 0 Å². The summed E-state index contributed by atoms with van der Waals surface area (Å²) in [7, 11) is 0. The molecule has 1 aliphatic carbocycles. The molecule has 2 nitrogen and oxygen atoms in total. The van der Waals surface area contributed by atoms with Crippen molar-refractivity contribution in [3.8, 4) is 0 Å². The van der Waals surface area contributed by atoms with Gasteiger partial charge in [-0.25, -0.2) is 0 Å². The Morgan fingerprint density at radius 3 is 2.26 bits per heavy atom. The third-order valence-electron chi connectivity index (χ3n) is 4.76. The van der Waals surface area contributed by atoms with Gasteiger partial charge >= 0.3 is 6.18 Å². The molecule has 0 aromatic heterocycles. The van der Waals surface area contributed by atoms with E-state index in [1.165, 1.54) is 0 Å². The Labute approximate surface area is 113 Å². The third-order valence-corrected chi connectivity index (χ3v) is 4.76. The molecule has 2 rings (SSSR count). The van der Waals surface area contributed by atoms with Crippen molar-refractivity contribution in [3.63, 3.8) is 0 Å². The van der Waals surface area contributed by atoms with Gasteiger partial charge in [0.05, 0.1) is 12.5 Å². The number of likely N-dealkylation sites (tertiary alicyclic amines) is 1. The van der Waals surface area contributed by atoms with Crippen molar-refractivity contribution in [2.45, 2.75) is 57.2 Å². The van der Waals surface area contributed by atoms with Crippen LogP contribution in [0.25, 0.3) is 0 Å². The van der Waals surface area contributed by atoms with Crippen LogP contribution in [-0.2, 0) is 0 Å². The molecule has 0 unspecified atom stereocenters. The topological polar surface area (TPSA) is 23.5 Å². The Morgan fingerprint density at radius 2 is 1.68 bits per heavy atom. The lowest BCUT2D eigenvalue weighted by Gasteiger charge is -2.39. The molecule has 0 amide bonds. The average Bonchev–Trinajstić information content (AvgIpc) is 2.39. The first kappa shape index (κ1) is 15.1. The van der Waals surface area contributed by atoms with Gasteiger partial charge in [-0.05, 0) is 51.0 Å². The van der Waals surface area contributed by atoms with Crippen LogP contribution in [0.4, 0.5) is 13.2 Å². The van der Waals surface area contributed by atoms with Crippen LogP contribution in [0.15, 0.2) is 0 Å². The Hall–Kier alpha value is -0.290. The third kappa shape index (κ3) is 4.09. The minimum Gasteiger partial charge on any atom is -0.395 e. The number of halogens is 3. The van der Waals surface area contributed by atoms with Gasteiger partial charge in [-0.2, -0.15) is 13.2 Å². The monoisotopic (exact) mass is 279 g/mol. The van der Waals surface area contributed by atoms with Crippen molar-refractivity contribution in [1.82, 2.24) is 4.90 Å². The number of aliphatic hydroxyl groups excluding tert-OH is 1. The van der Waals surface area contributed by atoms with E-state index in [0.717, 1.165) is 32.4 Å². The second-order valence-corrected chi connectivity index (χ2v) is 6.09. The van der Waals surface area contributed by atoms with Crippen LogP contribution >= 0.6 is 0 Å². The largest absolute Gasteiger partial charge is 0.395 e. The predicted octanol–water partition coefficient (Wildman–Crippen LogP) is 3.20. The van der Waals surface area contributed by atoms with E-state index in [-0.39, 0.29) is 25.5 Å². The molecule has 2 aliphatic rings. The molecule has 1 N–H and O–H groups in total. The normalized spacial score (nSPS) is 34.4. The Balaban J connectivity index is 1.78. The SMILES string of the molecule is OC[C@@H]1CCCCN1CC1CCC(C(F)(F)F)CC1. The fraction of sp³-hybridized carbons (Fsp3) is 1.00. The van der Waals surface area contributed by atoms with Crippen LogP contribution in [0.5, 0.6) is 0 Å². The highest BCUT2D eigenvalue weighted by atomic mass is 19.4. The molecule has 0 radical (unpaired) electrons. The molecular formula is C14H24F3NO. The molecular weight excluding hydrogens is 255 g/mol. The van der Waals surface area contributed by atoms with E-state index in [1.807, 2.05) is 0 Å². The van der Waals surface area contributed by atoms with E-state index in [0.29, 0.717) is 18.8 Å². The minimum absolute atomic E-state index is 0.178. The van der Waals surface area contributed by atoms with E-state index in [4.69, 9.17) is 0 Å². The smallest absolute Gasteiger partial charge is 0.391 e. The number of hydrogen-bond donors (Lipinski definition) is 1. The van der Waals surface area contributed by atoms with Crippen LogP contribution in [0.2, 0.25) is 0 Å². The maximum atomic E-state index is 12.6. The molecule has 1 heterocycles. The predicted molar refractivity (Wildman–Crippen MR) is 67.8 cm³/mol. The van der Waals surface area contributed by atoms with Crippen LogP contribution in [0, 0.1) is 11.8 Å². The van der Waals surface area contributed by atoms with Gasteiger partial charge in [-0.15, -0.1) is 0 Å². The molecule has 1 aliphatic heterocycles. The molecule has 1 saturated carbocycles. The van der Waals surface area contributed by atoms with Crippen LogP contribution in [0.3, 0.4) is 0 Å². The van der Waals surface area contributed by atoms with E-state index in [9.17, 15) is 18.3 Å². The quantitative estimate of drug-likeness (QED) is 0.857. The molecule has 5 heteroatoms. The Kier molecular flexibility index (Phi) is 5.12. The van der Waals surface area contributed by atoms with Crippen LogP contribution < -0.4 is 0 Å². The van der Waals surface area contributed by atoms with Gasteiger partial charge in [0.1, 0.15) is 0 Å². The van der Waals surface area contributed by atoms with Crippen molar-refractivity contribution in [2.24, 2.45) is 11.8 Å². The first-order valence-corrected chi connectivity index (χ1v) is 7.42. The fourth-order valence-electron chi connectivity index (χ4n) is 3.51. The summed E-state index contributed by atoms with van der Waals surface area (Å²) in [5, 5.41) is 9.35. The lowest BCUT2D eigenvalue weighted by Crippen LogP contribution is -2.45.